The number of carbonyl (C=O) groups excluding carboxylic acids is 4. The molecule has 4 unspecified atom stereocenters. The van der Waals surface area contributed by atoms with E-state index in [0.717, 1.165) is 4.90 Å². The monoisotopic (exact) mass is 468 g/mol. The van der Waals surface area contributed by atoms with Gasteiger partial charge in [0, 0.05) is 34.3 Å². The summed E-state index contributed by atoms with van der Waals surface area (Å²) in [7, 11) is 1.51. The number of hydrogen-bond donors (Lipinski definition) is 3. The number of ether oxygens (including phenoxy) is 1. The van der Waals surface area contributed by atoms with Gasteiger partial charge in [-0.2, -0.15) is 0 Å². The Morgan fingerprint density at radius 3 is 2.67 bits per heavy atom. The number of nitrogens with one attached hydrogen (secondary N) is 2. The Morgan fingerprint density at radius 2 is 1.94 bits per heavy atom. The van der Waals surface area contributed by atoms with Gasteiger partial charge in [0.2, 0.25) is 23.6 Å². The Kier molecular flexibility index (Phi) is 4.91. The molecule has 2 saturated heterocycles. The third kappa shape index (κ3) is 3.03. The number of benzene rings is 2. The van der Waals surface area contributed by atoms with Crippen molar-refractivity contribution in [2.45, 2.75) is 24.5 Å². The number of imide groups is 1. The smallest absolute Gasteiger partial charge is 0.250 e. The van der Waals surface area contributed by atoms with Crippen molar-refractivity contribution in [3.8, 4) is 5.75 Å². The maximum Gasteiger partial charge on any atom is 0.250 e. The summed E-state index contributed by atoms with van der Waals surface area (Å²) >= 11 is 6.21. The number of methoxy groups -OCH3 is 1. The Balaban J connectivity index is 1.61. The third-order valence-corrected chi connectivity index (χ3v) is 6.95. The summed E-state index contributed by atoms with van der Waals surface area (Å²) in [6.45, 7) is -0.0158. The van der Waals surface area contributed by atoms with Crippen molar-refractivity contribution < 1.29 is 23.9 Å². The first-order valence-electron chi connectivity index (χ1n) is 10.4. The third-order valence-electron chi connectivity index (χ3n) is 6.71. The molecule has 2 aromatic rings. The van der Waals surface area contributed by atoms with E-state index >= 15 is 0 Å². The zero-order chi connectivity index (χ0) is 23.5. The van der Waals surface area contributed by atoms with E-state index in [4.69, 9.17) is 22.1 Å². The maximum absolute atomic E-state index is 13.7. The predicted molar refractivity (Wildman–Crippen MR) is 118 cm³/mol. The van der Waals surface area contributed by atoms with Gasteiger partial charge in [0.05, 0.1) is 25.5 Å². The Morgan fingerprint density at radius 1 is 1.18 bits per heavy atom. The van der Waals surface area contributed by atoms with Crippen LogP contribution in [0.25, 0.3) is 0 Å². The number of nitrogens with zero attached hydrogens (tertiary/aromatic N) is 1. The highest BCUT2D eigenvalue weighted by Crippen LogP contribution is 2.54. The summed E-state index contributed by atoms with van der Waals surface area (Å²) in [6.07, 6.45) is -0.201. The highest BCUT2D eigenvalue weighted by molar-refractivity contribution is 6.31. The average molecular weight is 469 g/mol. The zero-order valence-corrected chi connectivity index (χ0v) is 18.4. The fourth-order valence-electron chi connectivity index (χ4n) is 5.39. The molecular formula is C23H21ClN4O5. The Labute approximate surface area is 194 Å². The van der Waals surface area contributed by atoms with E-state index in [0.29, 0.717) is 27.6 Å². The van der Waals surface area contributed by atoms with E-state index < -0.39 is 47.0 Å². The summed E-state index contributed by atoms with van der Waals surface area (Å²) in [4.78, 5) is 53.5. The van der Waals surface area contributed by atoms with Gasteiger partial charge < -0.3 is 15.8 Å². The number of fused-ring (bicyclic) bond motifs is 4. The first kappa shape index (κ1) is 21.4. The summed E-state index contributed by atoms with van der Waals surface area (Å²) in [6, 6.07) is 11.2. The average Bonchev–Trinajstić information content (AvgIpc) is 3.34. The molecule has 0 saturated carbocycles. The lowest BCUT2D eigenvalue weighted by Crippen LogP contribution is -2.53. The minimum atomic E-state index is -1.53. The van der Waals surface area contributed by atoms with Crippen LogP contribution < -0.4 is 21.1 Å². The molecule has 2 aromatic carbocycles. The van der Waals surface area contributed by atoms with Crippen LogP contribution in [0.1, 0.15) is 17.5 Å². The second kappa shape index (κ2) is 7.57. The van der Waals surface area contributed by atoms with Gasteiger partial charge >= 0.3 is 0 Å². The standard InChI is InChI=1S/C23H21ClN4O5/c1-33-16-5-3-2-4-11(16)10-28-20(30)18-15(9-17(25)29)27-23(19(18)21(28)31)13-8-12(24)6-7-14(13)26-22(23)32/h2-8,15,18-19,27H,9-10H2,1H3,(H2,25,29)(H,26,32). The van der Waals surface area contributed by atoms with E-state index in [9.17, 15) is 19.2 Å². The molecule has 170 valence electrons. The number of amides is 4. The van der Waals surface area contributed by atoms with Crippen molar-refractivity contribution in [2.24, 2.45) is 17.6 Å². The van der Waals surface area contributed by atoms with E-state index in [1.807, 2.05) is 0 Å². The molecule has 4 atom stereocenters. The van der Waals surface area contributed by atoms with Crippen LogP contribution in [-0.2, 0) is 31.3 Å². The highest BCUT2D eigenvalue weighted by atomic mass is 35.5. The molecule has 5 rings (SSSR count). The molecule has 10 heteroatoms. The van der Waals surface area contributed by atoms with Crippen LogP contribution in [0.15, 0.2) is 42.5 Å². The number of halogens is 1. The molecule has 0 bridgehead atoms. The molecule has 3 heterocycles. The van der Waals surface area contributed by atoms with Gasteiger partial charge in [-0.1, -0.05) is 29.8 Å². The van der Waals surface area contributed by atoms with Crippen LogP contribution in [0.2, 0.25) is 5.02 Å². The predicted octanol–water partition coefficient (Wildman–Crippen LogP) is 1.14. The van der Waals surface area contributed by atoms with Crippen LogP contribution in [0.5, 0.6) is 5.75 Å². The Hall–Kier alpha value is -3.43. The first-order chi connectivity index (χ1) is 15.8. The van der Waals surface area contributed by atoms with E-state index in [1.54, 1.807) is 42.5 Å². The number of primary amides is 1. The van der Waals surface area contributed by atoms with Gasteiger partial charge in [0.1, 0.15) is 11.3 Å². The maximum atomic E-state index is 13.7. The van der Waals surface area contributed by atoms with Gasteiger partial charge in [-0.25, -0.2) is 0 Å². The second-order valence-electron chi connectivity index (χ2n) is 8.45. The lowest BCUT2D eigenvalue weighted by atomic mass is 9.76. The Bertz CT molecular complexity index is 1220. The van der Waals surface area contributed by atoms with Crippen molar-refractivity contribution in [3.05, 3.63) is 58.6 Å². The molecule has 9 nitrogen and oxygen atoms in total. The normalized spacial score (nSPS) is 27.6. The molecule has 4 amide bonds. The summed E-state index contributed by atoms with van der Waals surface area (Å²) in [5.41, 5.74) is 5.53. The SMILES string of the molecule is COc1ccccc1CN1C(=O)C2C(CC(N)=O)NC3(C(=O)Nc4ccc(Cl)cc43)C2C1=O. The van der Waals surface area contributed by atoms with Gasteiger partial charge in [0.15, 0.2) is 0 Å². The van der Waals surface area contributed by atoms with Gasteiger partial charge in [-0.05, 0) is 24.3 Å². The van der Waals surface area contributed by atoms with Crippen LogP contribution >= 0.6 is 11.6 Å². The fourth-order valence-corrected chi connectivity index (χ4v) is 5.56. The molecular weight excluding hydrogens is 448 g/mol. The summed E-state index contributed by atoms with van der Waals surface area (Å²) in [5, 5.41) is 6.30. The molecule has 0 radical (unpaired) electrons. The second-order valence-corrected chi connectivity index (χ2v) is 8.89. The molecule has 4 N–H and O–H groups in total. The molecule has 0 aliphatic carbocycles. The minimum Gasteiger partial charge on any atom is -0.496 e. The van der Waals surface area contributed by atoms with Crippen molar-refractivity contribution in [1.82, 2.24) is 10.2 Å². The minimum absolute atomic E-state index is 0.0158. The number of hydrogen-bond acceptors (Lipinski definition) is 6. The van der Waals surface area contributed by atoms with Gasteiger partial charge in [-0.15, -0.1) is 0 Å². The van der Waals surface area contributed by atoms with E-state index in [1.165, 1.54) is 7.11 Å². The quantitative estimate of drug-likeness (QED) is 0.564. The van der Waals surface area contributed by atoms with Crippen molar-refractivity contribution in [1.29, 1.82) is 0 Å². The largest absolute Gasteiger partial charge is 0.496 e. The summed E-state index contributed by atoms with van der Waals surface area (Å²) < 4.78 is 5.36. The molecule has 1 spiro atoms. The first-order valence-corrected chi connectivity index (χ1v) is 10.8. The molecule has 3 aliphatic heterocycles. The molecule has 0 aromatic heterocycles. The number of nitrogens with two attached hydrogens (primary N) is 1. The number of carbonyl (C=O) groups is 4. The van der Waals surface area contributed by atoms with Crippen LogP contribution in [0.4, 0.5) is 5.69 Å². The van der Waals surface area contributed by atoms with Crippen LogP contribution in [0, 0.1) is 11.8 Å². The topological polar surface area (TPSA) is 131 Å². The molecule has 3 aliphatic rings. The number of likely N-dealkylation sites (tertiary alicyclic amines) is 1. The van der Waals surface area contributed by atoms with Gasteiger partial charge in [-0.3, -0.25) is 29.4 Å². The van der Waals surface area contributed by atoms with Gasteiger partial charge in [0.25, 0.3) is 0 Å². The number of rotatable bonds is 5. The van der Waals surface area contributed by atoms with Crippen molar-refractivity contribution in [2.75, 3.05) is 12.4 Å². The van der Waals surface area contributed by atoms with Crippen LogP contribution in [-0.4, -0.2) is 41.7 Å². The lowest BCUT2D eigenvalue weighted by molar-refractivity contribution is -0.143. The summed E-state index contributed by atoms with van der Waals surface area (Å²) in [5.74, 6) is -3.53. The zero-order valence-electron chi connectivity index (χ0n) is 17.6. The lowest BCUT2D eigenvalue weighted by Gasteiger charge is -2.29. The molecule has 2 fully saturated rings. The van der Waals surface area contributed by atoms with Crippen molar-refractivity contribution in [3.63, 3.8) is 0 Å². The highest BCUT2D eigenvalue weighted by Gasteiger charge is 2.70. The number of anilines is 1. The van der Waals surface area contributed by atoms with E-state index in [2.05, 4.69) is 10.6 Å². The van der Waals surface area contributed by atoms with Crippen molar-refractivity contribution >= 4 is 40.9 Å². The fraction of sp³-hybridized carbons (Fsp3) is 0.304. The molecule has 33 heavy (non-hydrogen) atoms. The number of para-hydroxylation sites is 1. The van der Waals surface area contributed by atoms with Crippen LogP contribution in [0.3, 0.4) is 0 Å². The van der Waals surface area contributed by atoms with E-state index in [-0.39, 0.29) is 13.0 Å².